The van der Waals surface area contributed by atoms with Crippen molar-refractivity contribution in [1.29, 1.82) is 0 Å². The molecule has 0 aromatic rings. The van der Waals surface area contributed by atoms with Crippen LogP contribution in [0.15, 0.2) is 0 Å². The number of carbonyl (C=O) groups excluding carboxylic acids is 2. The summed E-state index contributed by atoms with van der Waals surface area (Å²) in [5.74, 6) is 2.38. The van der Waals surface area contributed by atoms with Gasteiger partial charge in [0.1, 0.15) is 0 Å². The second-order valence-electron chi connectivity index (χ2n) is 7.02. The molecule has 5 nitrogen and oxygen atoms in total. The predicted octanol–water partition coefficient (Wildman–Crippen LogP) is 1.33. The van der Waals surface area contributed by atoms with Crippen molar-refractivity contribution in [2.45, 2.75) is 51.1 Å². The number of amides is 2. The molecule has 0 aromatic heterocycles. The number of nitrogens with zero attached hydrogens (tertiary/aromatic N) is 2. The zero-order chi connectivity index (χ0) is 16.2. The lowest BCUT2D eigenvalue weighted by Crippen LogP contribution is -2.43. The Kier molecular flexibility index (Phi) is 5.85. The Balaban J connectivity index is 1.49. The zero-order valence-corrected chi connectivity index (χ0v) is 14.9. The molecule has 2 amide bonds. The predicted molar refractivity (Wildman–Crippen MR) is 93.4 cm³/mol. The maximum atomic E-state index is 12.5. The van der Waals surface area contributed by atoms with E-state index in [4.69, 9.17) is 0 Å². The molecule has 3 aliphatic rings. The Bertz CT molecular complexity index is 440. The van der Waals surface area contributed by atoms with Crippen molar-refractivity contribution in [2.75, 3.05) is 37.7 Å². The molecule has 6 heteroatoms. The van der Waals surface area contributed by atoms with E-state index in [9.17, 15) is 9.59 Å². The number of likely N-dealkylation sites (N-methyl/N-ethyl adjacent to an activating group) is 1. The molecule has 0 bridgehead atoms. The van der Waals surface area contributed by atoms with Gasteiger partial charge in [0.05, 0.1) is 5.92 Å². The number of thioether (sulfide) groups is 1. The van der Waals surface area contributed by atoms with Crippen molar-refractivity contribution in [3.63, 3.8) is 0 Å². The summed E-state index contributed by atoms with van der Waals surface area (Å²) in [5.41, 5.74) is 0. The van der Waals surface area contributed by atoms with Crippen molar-refractivity contribution >= 4 is 23.6 Å². The molecule has 23 heavy (non-hydrogen) atoms. The first-order chi connectivity index (χ1) is 11.2. The van der Waals surface area contributed by atoms with Crippen LogP contribution in [0.25, 0.3) is 0 Å². The average Bonchev–Trinajstić information content (AvgIpc) is 3.15. The minimum atomic E-state index is -0.145. The Morgan fingerprint density at radius 3 is 2.83 bits per heavy atom. The SMILES string of the molecule is CCN1CCC[C@H]1CN1C[C@@H](C(=O)NC2CCSCC2)CC1=O. The van der Waals surface area contributed by atoms with Crippen molar-refractivity contribution in [3.8, 4) is 0 Å². The van der Waals surface area contributed by atoms with E-state index in [1.165, 1.54) is 12.8 Å². The molecular formula is C17H29N3O2S. The number of rotatable bonds is 5. The zero-order valence-electron chi connectivity index (χ0n) is 14.1. The third-order valence-electron chi connectivity index (χ3n) is 5.49. The third-order valence-corrected chi connectivity index (χ3v) is 6.54. The molecule has 0 saturated carbocycles. The quantitative estimate of drug-likeness (QED) is 0.821. The van der Waals surface area contributed by atoms with E-state index in [2.05, 4.69) is 17.1 Å². The van der Waals surface area contributed by atoms with Crippen LogP contribution in [0.1, 0.15) is 39.0 Å². The summed E-state index contributed by atoms with van der Waals surface area (Å²) in [6.07, 6.45) is 4.92. The normalized spacial score (nSPS) is 30.1. The van der Waals surface area contributed by atoms with Gasteiger partial charge in [-0.25, -0.2) is 0 Å². The van der Waals surface area contributed by atoms with Gasteiger partial charge in [-0.05, 0) is 50.3 Å². The Labute approximate surface area is 143 Å². The summed E-state index contributed by atoms with van der Waals surface area (Å²) in [6, 6.07) is 0.805. The fraction of sp³-hybridized carbons (Fsp3) is 0.882. The third kappa shape index (κ3) is 4.21. The molecule has 130 valence electrons. The van der Waals surface area contributed by atoms with Gasteiger partial charge in [-0.3, -0.25) is 14.5 Å². The fourth-order valence-corrected chi connectivity index (χ4v) is 5.16. The highest BCUT2D eigenvalue weighted by Gasteiger charge is 2.37. The van der Waals surface area contributed by atoms with Crippen LogP contribution in [0, 0.1) is 5.92 Å². The second kappa shape index (κ2) is 7.88. The highest BCUT2D eigenvalue weighted by atomic mass is 32.2. The smallest absolute Gasteiger partial charge is 0.225 e. The van der Waals surface area contributed by atoms with E-state index in [0.717, 1.165) is 44.0 Å². The number of hydrogen-bond donors (Lipinski definition) is 1. The van der Waals surface area contributed by atoms with Crippen LogP contribution >= 0.6 is 11.8 Å². The minimum Gasteiger partial charge on any atom is -0.353 e. The molecule has 0 unspecified atom stereocenters. The molecule has 0 aromatic carbocycles. The Hall–Kier alpha value is -0.750. The Morgan fingerprint density at radius 2 is 2.09 bits per heavy atom. The summed E-state index contributed by atoms with van der Waals surface area (Å²) in [7, 11) is 0. The lowest BCUT2D eigenvalue weighted by atomic mass is 10.1. The van der Waals surface area contributed by atoms with Crippen LogP contribution in [0.4, 0.5) is 0 Å². The Morgan fingerprint density at radius 1 is 1.30 bits per heavy atom. The van der Waals surface area contributed by atoms with E-state index in [1.807, 2.05) is 16.7 Å². The number of carbonyl (C=O) groups is 2. The van der Waals surface area contributed by atoms with Crippen LogP contribution in [0.2, 0.25) is 0 Å². The van der Waals surface area contributed by atoms with Crippen molar-refractivity contribution < 1.29 is 9.59 Å². The van der Waals surface area contributed by atoms with Gasteiger partial charge in [-0.15, -0.1) is 0 Å². The van der Waals surface area contributed by atoms with Crippen LogP contribution in [-0.4, -0.2) is 71.4 Å². The van der Waals surface area contributed by atoms with Gasteiger partial charge in [0.25, 0.3) is 0 Å². The average molecular weight is 340 g/mol. The maximum absolute atomic E-state index is 12.5. The van der Waals surface area contributed by atoms with Crippen molar-refractivity contribution in [1.82, 2.24) is 15.1 Å². The van der Waals surface area contributed by atoms with Crippen LogP contribution in [0.5, 0.6) is 0 Å². The van der Waals surface area contributed by atoms with Gasteiger partial charge >= 0.3 is 0 Å². The second-order valence-corrected chi connectivity index (χ2v) is 8.24. The molecule has 1 N–H and O–H groups in total. The monoisotopic (exact) mass is 339 g/mol. The topological polar surface area (TPSA) is 52.6 Å². The van der Waals surface area contributed by atoms with E-state index in [0.29, 0.717) is 25.0 Å². The molecule has 3 saturated heterocycles. The van der Waals surface area contributed by atoms with Crippen molar-refractivity contribution in [2.24, 2.45) is 5.92 Å². The summed E-state index contributed by atoms with van der Waals surface area (Å²) in [4.78, 5) is 29.1. The van der Waals surface area contributed by atoms with Gasteiger partial charge in [-0.2, -0.15) is 11.8 Å². The first-order valence-corrected chi connectivity index (χ1v) is 10.2. The maximum Gasteiger partial charge on any atom is 0.225 e. The van der Waals surface area contributed by atoms with E-state index in [-0.39, 0.29) is 17.7 Å². The molecule has 3 rings (SSSR count). The molecule has 3 aliphatic heterocycles. The van der Waals surface area contributed by atoms with Crippen molar-refractivity contribution in [3.05, 3.63) is 0 Å². The molecular weight excluding hydrogens is 310 g/mol. The first kappa shape index (κ1) is 17.1. The lowest BCUT2D eigenvalue weighted by molar-refractivity contribution is -0.129. The van der Waals surface area contributed by atoms with Crippen LogP contribution in [0.3, 0.4) is 0 Å². The molecule has 0 radical (unpaired) electrons. The summed E-state index contributed by atoms with van der Waals surface area (Å²) in [5, 5.41) is 3.17. The molecule has 2 atom stereocenters. The number of nitrogens with one attached hydrogen (secondary N) is 1. The van der Waals surface area contributed by atoms with E-state index >= 15 is 0 Å². The summed E-state index contributed by atoms with van der Waals surface area (Å²) >= 11 is 1.96. The van der Waals surface area contributed by atoms with E-state index in [1.54, 1.807) is 0 Å². The standard InChI is InChI=1S/C17H29N3O2S/c1-2-19-7-3-4-15(19)12-20-11-13(10-16(20)21)17(22)18-14-5-8-23-9-6-14/h13-15H,2-12H2,1H3,(H,18,22)/t13-,15-/m0/s1. The molecule has 3 fully saturated rings. The number of likely N-dealkylation sites (tertiary alicyclic amines) is 2. The van der Waals surface area contributed by atoms with Gasteiger partial charge in [0.2, 0.25) is 11.8 Å². The summed E-state index contributed by atoms with van der Waals surface area (Å²) in [6.45, 7) is 5.79. The first-order valence-electron chi connectivity index (χ1n) is 9.07. The largest absolute Gasteiger partial charge is 0.353 e. The molecule has 3 heterocycles. The van der Waals surface area contributed by atoms with Gasteiger partial charge in [0, 0.05) is 31.6 Å². The van der Waals surface area contributed by atoms with Gasteiger partial charge in [-0.1, -0.05) is 6.92 Å². The highest BCUT2D eigenvalue weighted by molar-refractivity contribution is 7.99. The van der Waals surface area contributed by atoms with Crippen LogP contribution in [-0.2, 0) is 9.59 Å². The highest BCUT2D eigenvalue weighted by Crippen LogP contribution is 2.24. The minimum absolute atomic E-state index is 0.0940. The molecule has 0 aliphatic carbocycles. The molecule has 0 spiro atoms. The fourth-order valence-electron chi connectivity index (χ4n) is 4.06. The lowest BCUT2D eigenvalue weighted by Gasteiger charge is -2.28. The van der Waals surface area contributed by atoms with Gasteiger partial charge in [0.15, 0.2) is 0 Å². The number of hydrogen-bond acceptors (Lipinski definition) is 4. The summed E-state index contributed by atoms with van der Waals surface area (Å²) < 4.78 is 0. The van der Waals surface area contributed by atoms with Crippen LogP contribution < -0.4 is 5.32 Å². The van der Waals surface area contributed by atoms with Gasteiger partial charge < -0.3 is 10.2 Å². The van der Waals surface area contributed by atoms with E-state index < -0.39 is 0 Å².